The molecule has 72 valence electrons. The van der Waals surface area contributed by atoms with Gasteiger partial charge in [-0.1, -0.05) is 24.3 Å². The van der Waals surface area contributed by atoms with Gasteiger partial charge in [0.15, 0.2) is 0 Å². The highest BCUT2D eigenvalue weighted by molar-refractivity contribution is 5.32. The third-order valence-corrected chi connectivity index (χ3v) is 2.50. The molecule has 4 N–H and O–H groups in total. The maximum atomic E-state index is 3.95. The lowest BCUT2D eigenvalue weighted by Crippen LogP contribution is -3.00. The first-order valence-corrected chi connectivity index (χ1v) is 4.52. The second-order valence-electron chi connectivity index (χ2n) is 3.24. The molecule has 1 aromatic rings. The maximum Gasteiger partial charge on any atom is 0.0938 e. The molecule has 13 heavy (non-hydrogen) atoms. The van der Waals surface area contributed by atoms with Gasteiger partial charge in [0, 0.05) is 0 Å². The molecule has 2 nitrogen and oxygen atoms in total. The molecular formula is C10H15ClN2. The van der Waals surface area contributed by atoms with Gasteiger partial charge in [-0.2, -0.15) is 0 Å². The summed E-state index contributed by atoms with van der Waals surface area (Å²) < 4.78 is 0. The van der Waals surface area contributed by atoms with Crippen LogP contribution in [-0.4, -0.2) is 13.1 Å². The molecule has 0 spiro atoms. The average molecular weight is 199 g/mol. The Kier molecular flexibility index (Phi) is 3.72. The summed E-state index contributed by atoms with van der Waals surface area (Å²) in [5, 5.41) is 3.46. The molecule has 1 heterocycles. The summed E-state index contributed by atoms with van der Waals surface area (Å²) in [7, 11) is 0. The van der Waals surface area contributed by atoms with Crippen LogP contribution in [0.25, 0.3) is 0 Å². The van der Waals surface area contributed by atoms with Gasteiger partial charge >= 0.3 is 0 Å². The van der Waals surface area contributed by atoms with Gasteiger partial charge in [0.2, 0.25) is 0 Å². The monoisotopic (exact) mass is 198 g/mol. The Hall–Kier alpha value is -0.570. The summed E-state index contributed by atoms with van der Waals surface area (Å²) in [5.74, 6) is 0. The highest BCUT2D eigenvalue weighted by Crippen LogP contribution is 2.20. The van der Waals surface area contributed by atoms with E-state index in [1.165, 1.54) is 11.1 Å². The van der Waals surface area contributed by atoms with Gasteiger partial charge < -0.3 is 23.5 Å². The van der Waals surface area contributed by atoms with Gasteiger partial charge in [0.1, 0.15) is 0 Å². The summed E-state index contributed by atoms with van der Waals surface area (Å²) in [5.41, 5.74) is 6.88. The minimum atomic E-state index is 0. The number of rotatable bonds is 1. The Morgan fingerprint density at radius 2 is 2.15 bits per heavy atom. The van der Waals surface area contributed by atoms with E-state index in [2.05, 4.69) is 35.3 Å². The lowest BCUT2D eigenvalue weighted by atomic mass is 9.95. The fraction of sp³-hybridized carbons (Fsp3) is 0.400. The molecule has 1 aliphatic rings. The minimum Gasteiger partial charge on any atom is -1.00 e. The van der Waals surface area contributed by atoms with E-state index in [9.17, 15) is 0 Å². The van der Waals surface area contributed by atoms with Crippen LogP contribution in [0.5, 0.6) is 0 Å². The van der Waals surface area contributed by atoms with Crippen molar-refractivity contribution in [3.8, 4) is 0 Å². The minimum absolute atomic E-state index is 0. The van der Waals surface area contributed by atoms with Gasteiger partial charge in [0.25, 0.3) is 0 Å². The zero-order valence-electron chi connectivity index (χ0n) is 7.59. The van der Waals surface area contributed by atoms with Crippen molar-refractivity contribution in [1.29, 1.82) is 0 Å². The second-order valence-corrected chi connectivity index (χ2v) is 3.24. The molecule has 0 fully saturated rings. The maximum absolute atomic E-state index is 3.95. The number of benzene rings is 1. The highest BCUT2D eigenvalue weighted by atomic mass is 35.5. The van der Waals surface area contributed by atoms with E-state index in [0.717, 1.165) is 19.5 Å². The first-order chi connectivity index (χ1) is 5.92. The van der Waals surface area contributed by atoms with Crippen LogP contribution in [0, 0.1) is 0 Å². The zero-order valence-corrected chi connectivity index (χ0v) is 8.35. The molecule has 0 saturated heterocycles. The lowest BCUT2D eigenvalue weighted by molar-refractivity contribution is -0.374. The van der Waals surface area contributed by atoms with Gasteiger partial charge in [-0.15, -0.1) is 0 Å². The molecule has 1 aliphatic heterocycles. The van der Waals surface area contributed by atoms with Crippen LogP contribution in [0.1, 0.15) is 17.2 Å². The average Bonchev–Trinajstić information content (AvgIpc) is 2.17. The SMILES string of the molecule is [Cl-].[NH3+]CC1NCCc2ccccc21. The predicted octanol–water partition coefficient (Wildman–Crippen LogP) is -2.88. The van der Waals surface area contributed by atoms with Crippen molar-refractivity contribution in [2.75, 3.05) is 13.1 Å². The topological polar surface area (TPSA) is 39.7 Å². The van der Waals surface area contributed by atoms with E-state index in [4.69, 9.17) is 0 Å². The molecule has 1 atom stereocenters. The molecule has 0 aliphatic carbocycles. The Bertz CT molecular complexity index is 275. The number of hydrogen-bond donors (Lipinski definition) is 2. The normalized spacial score (nSPS) is 20.2. The number of quaternary nitrogens is 1. The first kappa shape index (κ1) is 10.5. The quantitative estimate of drug-likeness (QED) is 0.500. The Morgan fingerprint density at radius 1 is 1.38 bits per heavy atom. The highest BCUT2D eigenvalue weighted by Gasteiger charge is 2.18. The van der Waals surface area contributed by atoms with E-state index in [-0.39, 0.29) is 12.4 Å². The molecule has 0 bridgehead atoms. The van der Waals surface area contributed by atoms with Gasteiger partial charge in [-0.25, -0.2) is 0 Å². The van der Waals surface area contributed by atoms with Crippen LogP contribution in [0.15, 0.2) is 24.3 Å². The van der Waals surface area contributed by atoms with E-state index in [0.29, 0.717) is 6.04 Å². The van der Waals surface area contributed by atoms with Crippen molar-refractivity contribution in [3.63, 3.8) is 0 Å². The molecule has 3 heteroatoms. The second kappa shape index (κ2) is 4.61. The van der Waals surface area contributed by atoms with E-state index >= 15 is 0 Å². The molecule has 1 aromatic carbocycles. The molecule has 0 aromatic heterocycles. The first-order valence-electron chi connectivity index (χ1n) is 4.52. The smallest absolute Gasteiger partial charge is 0.0938 e. The van der Waals surface area contributed by atoms with E-state index < -0.39 is 0 Å². The summed E-state index contributed by atoms with van der Waals surface area (Å²) >= 11 is 0. The lowest BCUT2D eigenvalue weighted by Gasteiger charge is -2.24. The molecule has 0 saturated carbocycles. The van der Waals surface area contributed by atoms with Crippen LogP contribution in [0.3, 0.4) is 0 Å². The number of nitrogens with one attached hydrogen (secondary N) is 1. The Balaban J connectivity index is 0.000000845. The van der Waals surface area contributed by atoms with Crippen LogP contribution in [-0.2, 0) is 6.42 Å². The molecule has 0 amide bonds. The number of halogens is 1. The van der Waals surface area contributed by atoms with Gasteiger partial charge in [0.05, 0.1) is 12.6 Å². The van der Waals surface area contributed by atoms with Crippen molar-refractivity contribution in [3.05, 3.63) is 35.4 Å². The Labute approximate surface area is 84.9 Å². The largest absolute Gasteiger partial charge is 1.00 e. The van der Waals surface area contributed by atoms with Crippen molar-refractivity contribution >= 4 is 0 Å². The van der Waals surface area contributed by atoms with Gasteiger partial charge in [-0.05, 0) is 24.1 Å². The third kappa shape index (κ3) is 2.02. The van der Waals surface area contributed by atoms with Crippen molar-refractivity contribution in [2.45, 2.75) is 12.5 Å². The zero-order chi connectivity index (χ0) is 8.39. The summed E-state index contributed by atoms with van der Waals surface area (Å²) in [6.07, 6.45) is 1.16. The summed E-state index contributed by atoms with van der Waals surface area (Å²) in [4.78, 5) is 0. The van der Waals surface area contributed by atoms with Crippen LogP contribution in [0.2, 0.25) is 0 Å². The molecule has 1 unspecified atom stereocenters. The van der Waals surface area contributed by atoms with E-state index in [1.807, 2.05) is 0 Å². The number of hydrogen-bond acceptors (Lipinski definition) is 1. The van der Waals surface area contributed by atoms with Crippen molar-refractivity contribution in [2.24, 2.45) is 0 Å². The van der Waals surface area contributed by atoms with Crippen LogP contribution >= 0.6 is 0 Å². The summed E-state index contributed by atoms with van der Waals surface area (Å²) in [6.45, 7) is 2.04. The molecular weight excluding hydrogens is 184 g/mol. The van der Waals surface area contributed by atoms with Gasteiger partial charge in [-0.3, -0.25) is 0 Å². The van der Waals surface area contributed by atoms with Crippen molar-refractivity contribution < 1.29 is 18.1 Å². The van der Waals surface area contributed by atoms with Crippen LogP contribution in [0.4, 0.5) is 0 Å². The fourth-order valence-electron chi connectivity index (χ4n) is 1.85. The van der Waals surface area contributed by atoms with Crippen LogP contribution < -0.4 is 23.5 Å². The molecule has 0 radical (unpaired) electrons. The third-order valence-electron chi connectivity index (χ3n) is 2.50. The number of fused-ring (bicyclic) bond motifs is 1. The Morgan fingerprint density at radius 3 is 2.92 bits per heavy atom. The predicted molar refractivity (Wildman–Crippen MR) is 48.6 cm³/mol. The van der Waals surface area contributed by atoms with E-state index in [1.54, 1.807) is 0 Å². The summed E-state index contributed by atoms with van der Waals surface area (Å²) in [6, 6.07) is 9.13. The fourth-order valence-corrected chi connectivity index (χ4v) is 1.85. The molecule has 2 rings (SSSR count). The van der Waals surface area contributed by atoms with Crippen molar-refractivity contribution in [1.82, 2.24) is 5.32 Å². The standard InChI is InChI=1S/C10H14N2.ClH/c11-7-10-9-4-2-1-3-8(9)5-6-12-10;/h1-4,10,12H,5-7,11H2;1H.